The third kappa shape index (κ3) is 1.54. The van der Waals surface area contributed by atoms with E-state index >= 15 is 0 Å². The summed E-state index contributed by atoms with van der Waals surface area (Å²) in [5.41, 5.74) is 0. The van der Waals surface area contributed by atoms with Crippen molar-refractivity contribution in [1.29, 1.82) is 0 Å². The molecule has 0 radical (unpaired) electrons. The first kappa shape index (κ1) is 8.96. The molecule has 1 unspecified atom stereocenters. The Kier molecular flexibility index (Phi) is 2.09. The van der Waals surface area contributed by atoms with Gasteiger partial charge in [-0.2, -0.15) is 4.98 Å². The Balaban J connectivity index is 2.33. The maximum Gasteiger partial charge on any atom is 0.293 e. The summed E-state index contributed by atoms with van der Waals surface area (Å²) in [5.74, 6) is 1.83. The van der Waals surface area contributed by atoms with Crippen LogP contribution >= 0.6 is 0 Å². The van der Waals surface area contributed by atoms with Crippen LogP contribution in [0.25, 0.3) is 11.7 Å². The Hall–Kier alpha value is -1.62. The number of aryl methyl sites for hydroxylation is 1. The first-order valence-corrected chi connectivity index (χ1v) is 4.25. The Bertz CT molecular complexity index is 431. The molecule has 2 aromatic rings. The molecule has 0 spiro atoms. The van der Waals surface area contributed by atoms with E-state index in [1.165, 1.54) is 0 Å². The maximum atomic E-state index is 9.17. The van der Waals surface area contributed by atoms with E-state index in [-0.39, 0.29) is 11.7 Å². The highest BCUT2D eigenvalue weighted by atomic mass is 16.5. The van der Waals surface area contributed by atoms with Gasteiger partial charge in [0.15, 0.2) is 5.76 Å². The quantitative estimate of drug-likeness (QED) is 0.787. The highest BCUT2D eigenvalue weighted by Gasteiger charge is 2.14. The van der Waals surface area contributed by atoms with Crippen molar-refractivity contribution >= 4 is 0 Å². The number of hydrogen-bond donors (Lipinski definition) is 1. The average molecular weight is 194 g/mol. The van der Waals surface area contributed by atoms with Gasteiger partial charge in [-0.1, -0.05) is 5.16 Å². The van der Waals surface area contributed by atoms with Crippen molar-refractivity contribution in [2.75, 3.05) is 0 Å². The van der Waals surface area contributed by atoms with Crippen molar-refractivity contribution in [3.05, 3.63) is 23.7 Å². The molecule has 0 aromatic carbocycles. The van der Waals surface area contributed by atoms with Gasteiger partial charge in [-0.05, 0) is 26.0 Å². The molecule has 2 aromatic heterocycles. The van der Waals surface area contributed by atoms with Crippen LogP contribution in [0, 0.1) is 6.92 Å². The van der Waals surface area contributed by atoms with E-state index in [0.29, 0.717) is 5.76 Å². The second-order valence-corrected chi connectivity index (χ2v) is 3.04. The molecule has 5 nitrogen and oxygen atoms in total. The topological polar surface area (TPSA) is 72.3 Å². The van der Waals surface area contributed by atoms with E-state index in [0.717, 1.165) is 5.76 Å². The van der Waals surface area contributed by atoms with Gasteiger partial charge >= 0.3 is 0 Å². The standard InChI is InChI=1S/C9H10N2O3/c1-5-3-4-7(13-5)9-10-8(6(2)12)11-14-9/h3-4,6,12H,1-2H3. The summed E-state index contributed by atoms with van der Waals surface area (Å²) in [4.78, 5) is 3.97. The first-order chi connectivity index (χ1) is 6.66. The molecule has 2 rings (SSSR count). The summed E-state index contributed by atoms with van der Waals surface area (Å²) < 4.78 is 10.2. The van der Waals surface area contributed by atoms with Gasteiger partial charge in [0.2, 0.25) is 5.82 Å². The molecule has 1 atom stereocenters. The Morgan fingerprint density at radius 1 is 1.43 bits per heavy atom. The van der Waals surface area contributed by atoms with Crippen LogP contribution in [0.5, 0.6) is 0 Å². The largest absolute Gasteiger partial charge is 0.456 e. The zero-order valence-electron chi connectivity index (χ0n) is 7.89. The van der Waals surface area contributed by atoms with Crippen molar-refractivity contribution in [3.63, 3.8) is 0 Å². The van der Waals surface area contributed by atoms with Crippen LogP contribution in [0.2, 0.25) is 0 Å². The number of aliphatic hydroxyl groups is 1. The predicted octanol–water partition coefficient (Wildman–Crippen LogP) is 1.69. The lowest BCUT2D eigenvalue weighted by Gasteiger charge is -1.91. The number of rotatable bonds is 2. The van der Waals surface area contributed by atoms with Gasteiger partial charge in [-0.15, -0.1) is 0 Å². The van der Waals surface area contributed by atoms with Crippen LogP contribution < -0.4 is 0 Å². The molecule has 0 amide bonds. The molecule has 1 N–H and O–H groups in total. The van der Waals surface area contributed by atoms with Gasteiger partial charge in [0.1, 0.15) is 11.9 Å². The predicted molar refractivity (Wildman–Crippen MR) is 47.4 cm³/mol. The monoisotopic (exact) mass is 194 g/mol. The van der Waals surface area contributed by atoms with Crippen LogP contribution in [0.15, 0.2) is 21.1 Å². The summed E-state index contributed by atoms with van der Waals surface area (Å²) >= 11 is 0. The van der Waals surface area contributed by atoms with Crippen molar-refractivity contribution in [1.82, 2.24) is 10.1 Å². The fraction of sp³-hybridized carbons (Fsp3) is 0.333. The third-order valence-corrected chi connectivity index (χ3v) is 1.77. The molecule has 0 aliphatic heterocycles. The molecule has 0 fully saturated rings. The van der Waals surface area contributed by atoms with Gasteiger partial charge in [0.25, 0.3) is 5.89 Å². The first-order valence-electron chi connectivity index (χ1n) is 4.25. The molecule has 0 aliphatic rings. The van der Waals surface area contributed by atoms with E-state index in [1.54, 1.807) is 13.0 Å². The second-order valence-electron chi connectivity index (χ2n) is 3.04. The Morgan fingerprint density at radius 2 is 2.21 bits per heavy atom. The Labute approximate surface area is 80.4 Å². The molecule has 0 saturated heterocycles. The van der Waals surface area contributed by atoms with Crippen LogP contribution in [0.3, 0.4) is 0 Å². The summed E-state index contributed by atoms with van der Waals surface area (Å²) in [7, 11) is 0. The SMILES string of the molecule is Cc1ccc(-c2nc(C(C)O)no2)o1. The van der Waals surface area contributed by atoms with Crippen molar-refractivity contribution < 1.29 is 14.0 Å². The van der Waals surface area contributed by atoms with Crippen molar-refractivity contribution in [3.8, 4) is 11.7 Å². The summed E-state index contributed by atoms with van der Waals surface area (Å²) in [6.07, 6.45) is -0.733. The minimum Gasteiger partial charge on any atom is -0.456 e. The minimum atomic E-state index is -0.733. The van der Waals surface area contributed by atoms with Crippen LogP contribution in [0.4, 0.5) is 0 Å². The lowest BCUT2D eigenvalue weighted by Crippen LogP contribution is -1.92. The third-order valence-electron chi connectivity index (χ3n) is 1.77. The summed E-state index contributed by atoms with van der Waals surface area (Å²) in [5, 5.41) is 12.8. The summed E-state index contributed by atoms with van der Waals surface area (Å²) in [6, 6.07) is 3.55. The van der Waals surface area contributed by atoms with E-state index in [1.807, 2.05) is 13.0 Å². The Morgan fingerprint density at radius 3 is 2.71 bits per heavy atom. The van der Waals surface area contributed by atoms with Gasteiger partial charge < -0.3 is 14.0 Å². The fourth-order valence-corrected chi connectivity index (χ4v) is 1.05. The van der Waals surface area contributed by atoms with Crippen molar-refractivity contribution in [2.45, 2.75) is 20.0 Å². The van der Waals surface area contributed by atoms with Gasteiger partial charge in [0, 0.05) is 0 Å². The number of aromatic nitrogens is 2. The number of furan rings is 1. The second kappa shape index (κ2) is 3.26. The van der Waals surface area contributed by atoms with Crippen LogP contribution in [-0.2, 0) is 0 Å². The van der Waals surface area contributed by atoms with Crippen molar-refractivity contribution in [2.24, 2.45) is 0 Å². The molecule has 0 aliphatic carbocycles. The molecule has 5 heteroatoms. The van der Waals surface area contributed by atoms with Gasteiger partial charge in [0.05, 0.1) is 0 Å². The van der Waals surface area contributed by atoms with E-state index in [4.69, 9.17) is 8.94 Å². The van der Waals surface area contributed by atoms with Crippen LogP contribution in [0.1, 0.15) is 24.6 Å². The van der Waals surface area contributed by atoms with Gasteiger partial charge in [-0.3, -0.25) is 0 Å². The highest BCUT2D eigenvalue weighted by molar-refractivity contribution is 5.43. The van der Waals surface area contributed by atoms with Gasteiger partial charge in [-0.25, -0.2) is 0 Å². The molecule has 14 heavy (non-hydrogen) atoms. The highest BCUT2D eigenvalue weighted by Crippen LogP contribution is 2.21. The fourth-order valence-electron chi connectivity index (χ4n) is 1.05. The normalized spacial score (nSPS) is 13.1. The summed E-state index contributed by atoms with van der Waals surface area (Å²) in [6.45, 7) is 3.40. The molecule has 74 valence electrons. The number of nitrogens with zero attached hydrogens (tertiary/aromatic N) is 2. The van der Waals surface area contributed by atoms with Crippen LogP contribution in [-0.4, -0.2) is 15.2 Å². The number of hydrogen-bond acceptors (Lipinski definition) is 5. The number of aliphatic hydroxyl groups excluding tert-OH is 1. The molecule has 0 saturated carbocycles. The minimum absolute atomic E-state index is 0.258. The zero-order chi connectivity index (χ0) is 10.1. The lowest BCUT2D eigenvalue weighted by atomic mass is 10.4. The average Bonchev–Trinajstić information content (AvgIpc) is 2.70. The maximum absolute atomic E-state index is 9.17. The lowest BCUT2D eigenvalue weighted by molar-refractivity contribution is 0.184. The molecule has 0 bridgehead atoms. The molecular formula is C9H10N2O3. The zero-order valence-corrected chi connectivity index (χ0v) is 7.89. The molecule has 2 heterocycles. The van der Waals surface area contributed by atoms with E-state index in [9.17, 15) is 5.11 Å². The van der Waals surface area contributed by atoms with E-state index in [2.05, 4.69) is 10.1 Å². The smallest absolute Gasteiger partial charge is 0.293 e. The molecular weight excluding hydrogens is 184 g/mol. The van der Waals surface area contributed by atoms with E-state index < -0.39 is 6.10 Å².